The first-order chi connectivity index (χ1) is 13.0. The predicted molar refractivity (Wildman–Crippen MR) is 108 cm³/mol. The fourth-order valence-electron chi connectivity index (χ4n) is 3.47. The molecule has 1 aliphatic rings. The number of nitrogens with one attached hydrogen (secondary N) is 4. The van der Waals surface area contributed by atoms with E-state index in [0.717, 1.165) is 32.6 Å². The topological polar surface area (TPSA) is 67.1 Å². The normalized spacial score (nSPS) is 21.5. The number of halogens is 2. The molecular weight excluding hydrogens is 383 g/mol. The molecule has 1 aliphatic heterocycles. The van der Waals surface area contributed by atoms with Crippen molar-refractivity contribution in [3.8, 4) is 0 Å². The summed E-state index contributed by atoms with van der Waals surface area (Å²) in [7, 11) is 0. The van der Waals surface area contributed by atoms with E-state index in [1.165, 1.54) is 28.0 Å². The SMILES string of the molecule is C[C@@H](C(=O)Nc1ccc(F)cc1Cl)[NH+]1CCC[NH+](CC(=O)NC(C)(C)C)CC1. The van der Waals surface area contributed by atoms with E-state index >= 15 is 0 Å². The Balaban J connectivity index is 1.88. The van der Waals surface area contributed by atoms with Crippen molar-refractivity contribution in [2.75, 3.05) is 38.0 Å². The Morgan fingerprint density at radius 3 is 2.57 bits per heavy atom. The maximum atomic E-state index is 13.2. The van der Waals surface area contributed by atoms with E-state index < -0.39 is 5.82 Å². The van der Waals surface area contributed by atoms with Gasteiger partial charge in [-0.3, -0.25) is 9.59 Å². The van der Waals surface area contributed by atoms with Gasteiger partial charge in [-0.05, 0) is 45.9 Å². The lowest BCUT2D eigenvalue weighted by Crippen LogP contribution is -3.20. The lowest BCUT2D eigenvalue weighted by atomic mass is 10.1. The van der Waals surface area contributed by atoms with E-state index in [-0.39, 0.29) is 28.4 Å². The van der Waals surface area contributed by atoms with Gasteiger partial charge < -0.3 is 20.4 Å². The van der Waals surface area contributed by atoms with Gasteiger partial charge in [-0.1, -0.05) is 11.6 Å². The molecule has 8 heteroatoms. The molecule has 1 heterocycles. The number of carbonyl (C=O) groups is 2. The van der Waals surface area contributed by atoms with E-state index in [2.05, 4.69) is 10.6 Å². The summed E-state index contributed by atoms with van der Waals surface area (Å²) in [5.74, 6) is -0.520. The van der Waals surface area contributed by atoms with Crippen LogP contribution in [0.1, 0.15) is 34.1 Å². The van der Waals surface area contributed by atoms with Crippen LogP contribution in [0.15, 0.2) is 18.2 Å². The molecule has 2 rings (SSSR count). The third-order valence-electron chi connectivity index (χ3n) is 4.95. The first-order valence-electron chi connectivity index (χ1n) is 9.80. The maximum absolute atomic E-state index is 13.2. The molecule has 0 bridgehead atoms. The number of hydrogen-bond donors (Lipinski definition) is 4. The lowest BCUT2D eigenvalue weighted by Gasteiger charge is -2.24. The van der Waals surface area contributed by atoms with Crippen LogP contribution >= 0.6 is 11.6 Å². The van der Waals surface area contributed by atoms with E-state index in [4.69, 9.17) is 11.6 Å². The Morgan fingerprint density at radius 2 is 1.93 bits per heavy atom. The van der Waals surface area contributed by atoms with Gasteiger partial charge in [0.05, 0.1) is 23.8 Å². The Labute approximate surface area is 171 Å². The summed E-state index contributed by atoms with van der Waals surface area (Å²) in [5, 5.41) is 5.99. The van der Waals surface area contributed by atoms with E-state index in [9.17, 15) is 14.0 Å². The van der Waals surface area contributed by atoms with E-state index in [0.29, 0.717) is 12.2 Å². The molecule has 1 aromatic rings. The third-order valence-corrected chi connectivity index (χ3v) is 5.26. The molecule has 2 unspecified atom stereocenters. The monoisotopic (exact) mass is 414 g/mol. The van der Waals surface area contributed by atoms with Crippen LogP contribution in [0.2, 0.25) is 5.02 Å². The highest BCUT2D eigenvalue weighted by Gasteiger charge is 2.30. The highest BCUT2D eigenvalue weighted by molar-refractivity contribution is 6.33. The number of rotatable bonds is 5. The number of hydrogen-bond acceptors (Lipinski definition) is 2. The van der Waals surface area contributed by atoms with Gasteiger partial charge in [-0.25, -0.2) is 4.39 Å². The molecule has 0 aliphatic carbocycles. The second kappa shape index (κ2) is 9.67. The van der Waals surface area contributed by atoms with Crippen molar-refractivity contribution in [3.63, 3.8) is 0 Å². The molecular formula is C20H32ClFN4O2+2. The highest BCUT2D eigenvalue weighted by Crippen LogP contribution is 2.22. The van der Waals surface area contributed by atoms with Gasteiger partial charge in [0.1, 0.15) is 18.9 Å². The smallest absolute Gasteiger partial charge is 0.282 e. The summed E-state index contributed by atoms with van der Waals surface area (Å²) >= 11 is 6.00. The minimum atomic E-state index is -0.437. The molecule has 28 heavy (non-hydrogen) atoms. The van der Waals surface area contributed by atoms with Crippen LogP contribution in [-0.2, 0) is 9.59 Å². The molecule has 1 aromatic carbocycles. The van der Waals surface area contributed by atoms with Crippen molar-refractivity contribution >= 4 is 29.1 Å². The predicted octanol–water partition coefficient (Wildman–Crippen LogP) is -0.106. The van der Waals surface area contributed by atoms with Crippen LogP contribution in [0.25, 0.3) is 0 Å². The zero-order valence-corrected chi connectivity index (χ0v) is 17.9. The summed E-state index contributed by atoms with van der Waals surface area (Å²) in [5.41, 5.74) is 0.189. The van der Waals surface area contributed by atoms with Gasteiger partial charge in [0.2, 0.25) is 0 Å². The summed E-state index contributed by atoms with van der Waals surface area (Å²) in [6, 6.07) is 3.67. The van der Waals surface area contributed by atoms with Crippen LogP contribution < -0.4 is 20.4 Å². The number of benzene rings is 1. The van der Waals surface area contributed by atoms with Crippen molar-refractivity contribution < 1.29 is 23.8 Å². The summed E-state index contributed by atoms with van der Waals surface area (Å²) in [4.78, 5) is 27.2. The van der Waals surface area contributed by atoms with Crippen LogP contribution in [0.3, 0.4) is 0 Å². The standard InChI is InChI=1S/C20H30ClFN4O2/c1-14(19(28)23-17-7-6-15(22)12-16(17)21)26-9-5-8-25(10-11-26)13-18(27)24-20(2,3)4/h6-7,12,14H,5,8-11,13H2,1-4H3,(H,23,28)(H,24,27)/p+2/t14-/m0/s1. The van der Waals surface area contributed by atoms with Crippen LogP contribution in [0.4, 0.5) is 10.1 Å². The van der Waals surface area contributed by atoms with Crippen LogP contribution in [0, 0.1) is 5.82 Å². The number of quaternary nitrogens is 2. The fraction of sp³-hybridized carbons (Fsp3) is 0.600. The van der Waals surface area contributed by atoms with Crippen molar-refractivity contribution in [3.05, 3.63) is 29.0 Å². The zero-order chi connectivity index (χ0) is 20.9. The molecule has 4 N–H and O–H groups in total. The second-order valence-electron chi connectivity index (χ2n) is 8.57. The molecule has 0 saturated carbocycles. The van der Waals surface area contributed by atoms with Gasteiger partial charge in [0, 0.05) is 12.0 Å². The van der Waals surface area contributed by atoms with Gasteiger partial charge in [-0.2, -0.15) is 0 Å². The Kier molecular flexibility index (Phi) is 7.80. The number of carbonyl (C=O) groups excluding carboxylic acids is 2. The van der Waals surface area contributed by atoms with Crippen LogP contribution in [-0.4, -0.2) is 56.1 Å². The largest absolute Gasteiger partial charge is 0.347 e. The summed E-state index contributed by atoms with van der Waals surface area (Å²) in [6.07, 6.45) is 0.947. The second-order valence-corrected chi connectivity index (χ2v) is 8.98. The first kappa shape index (κ1) is 22.6. The minimum Gasteiger partial charge on any atom is -0.347 e. The Morgan fingerprint density at radius 1 is 1.21 bits per heavy atom. The quantitative estimate of drug-likeness (QED) is 0.543. The molecule has 0 radical (unpaired) electrons. The Bertz CT molecular complexity index is 708. The zero-order valence-electron chi connectivity index (χ0n) is 17.1. The number of anilines is 1. The Hall–Kier alpha value is -1.70. The van der Waals surface area contributed by atoms with Gasteiger partial charge >= 0.3 is 0 Å². The molecule has 1 saturated heterocycles. The summed E-state index contributed by atoms with van der Waals surface area (Å²) < 4.78 is 13.2. The van der Waals surface area contributed by atoms with Gasteiger partial charge in [-0.15, -0.1) is 0 Å². The first-order valence-corrected chi connectivity index (χ1v) is 10.2. The third kappa shape index (κ3) is 7.04. The number of amides is 2. The fourth-order valence-corrected chi connectivity index (χ4v) is 3.68. The van der Waals surface area contributed by atoms with Gasteiger partial charge in [0.15, 0.2) is 12.6 Å². The molecule has 2 amide bonds. The van der Waals surface area contributed by atoms with Crippen molar-refractivity contribution in [1.82, 2.24) is 5.32 Å². The molecule has 0 spiro atoms. The average molecular weight is 415 g/mol. The lowest BCUT2D eigenvalue weighted by molar-refractivity contribution is -0.942. The van der Waals surface area contributed by atoms with E-state index in [1.54, 1.807) is 0 Å². The van der Waals surface area contributed by atoms with Crippen molar-refractivity contribution in [2.24, 2.45) is 0 Å². The molecule has 3 atom stereocenters. The molecule has 6 nitrogen and oxygen atoms in total. The van der Waals surface area contributed by atoms with Crippen molar-refractivity contribution in [2.45, 2.75) is 45.7 Å². The summed E-state index contributed by atoms with van der Waals surface area (Å²) in [6.45, 7) is 11.7. The highest BCUT2D eigenvalue weighted by atomic mass is 35.5. The molecule has 156 valence electrons. The van der Waals surface area contributed by atoms with E-state index in [1.807, 2.05) is 27.7 Å². The maximum Gasteiger partial charge on any atom is 0.282 e. The minimum absolute atomic E-state index is 0.0580. The molecule has 1 fully saturated rings. The van der Waals surface area contributed by atoms with Crippen LogP contribution in [0.5, 0.6) is 0 Å². The van der Waals surface area contributed by atoms with Gasteiger partial charge in [0.25, 0.3) is 11.8 Å². The average Bonchev–Trinajstić information content (AvgIpc) is 2.80. The molecule has 0 aromatic heterocycles. The van der Waals surface area contributed by atoms with Crippen molar-refractivity contribution in [1.29, 1.82) is 0 Å².